The number of nitro benzene ring substituents is 1. The predicted molar refractivity (Wildman–Crippen MR) is 105 cm³/mol. The maximum atomic E-state index is 12.5. The van der Waals surface area contributed by atoms with Gasteiger partial charge in [0.2, 0.25) is 5.91 Å². The van der Waals surface area contributed by atoms with Crippen LogP contribution in [0.3, 0.4) is 0 Å². The Labute approximate surface area is 162 Å². The van der Waals surface area contributed by atoms with Crippen LogP contribution >= 0.6 is 0 Å². The summed E-state index contributed by atoms with van der Waals surface area (Å²) in [6.45, 7) is 2.25. The number of methoxy groups -OCH3 is 1. The number of benzene rings is 2. The molecule has 1 saturated heterocycles. The number of hydrogen-bond acceptors (Lipinski definition) is 5. The monoisotopic (exact) mass is 383 g/mol. The minimum atomic E-state index is -0.514. The van der Waals surface area contributed by atoms with Gasteiger partial charge < -0.3 is 15.0 Å². The lowest BCUT2D eigenvalue weighted by atomic mass is 10.1. The van der Waals surface area contributed by atoms with E-state index >= 15 is 0 Å². The van der Waals surface area contributed by atoms with Crippen molar-refractivity contribution in [2.75, 3.05) is 23.9 Å². The standard InChI is InChI=1S/C20H21N3O5/c1-13-6-7-14(11-17(13)23(26)27)20(25)21-15-8-9-16(18(12-15)28-2)22-10-4-3-5-19(22)24/h6-9,11-12H,3-5,10H2,1-2H3,(H,21,25). The number of anilines is 2. The van der Waals surface area contributed by atoms with Crippen molar-refractivity contribution < 1.29 is 19.2 Å². The Morgan fingerprint density at radius 1 is 1.21 bits per heavy atom. The maximum Gasteiger partial charge on any atom is 0.273 e. The highest BCUT2D eigenvalue weighted by Crippen LogP contribution is 2.33. The highest BCUT2D eigenvalue weighted by atomic mass is 16.6. The summed E-state index contributed by atoms with van der Waals surface area (Å²) in [4.78, 5) is 36.9. The van der Waals surface area contributed by atoms with E-state index in [9.17, 15) is 19.7 Å². The number of nitrogens with one attached hydrogen (secondary N) is 1. The lowest BCUT2D eigenvalue weighted by Gasteiger charge is -2.28. The Morgan fingerprint density at radius 3 is 2.68 bits per heavy atom. The van der Waals surface area contributed by atoms with Crippen LogP contribution in [0.2, 0.25) is 0 Å². The predicted octanol–water partition coefficient (Wildman–Crippen LogP) is 3.68. The number of rotatable bonds is 5. The molecule has 8 nitrogen and oxygen atoms in total. The van der Waals surface area contributed by atoms with Crippen LogP contribution < -0.4 is 15.0 Å². The van der Waals surface area contributed by atoms with Crippen LogP contribution in [0.15, 0.2) is 36.4 Å². The topological polar surface area (TPSA) is 102 Å². The zero-order valence-corrected chi connectivity index (χ0v) is 15.7. The van der Waals surface area contributed by atoms with E-state index < -0.39 is 10.8 Å². The summed E-state index contributed by atoms with van der Waals surface area (Å²) in [6.07, 6.45) is 2.32. The van der Waals surface area contributed by atoms with Gasteiger partial charge in [-0.25, -0.2) is 0 Å². The number of nitrogens with zero attached hydrogens (tertiary/aromatic N) is 2. The zero-order valence-electron chi connectivity index (χ0n) is 15.7. The van der Waals surface area contributed by atoms with Gasteiger partial charge >= 0.3 is 0 Å². The molecule has 0 bridgehead atoms. The fourth-order valence-corrected chi connectivity index (χ4v) is 3.19. The molecule has 2 amide bonds. The first-order valence-corrected chi connectivity index (χ1v) is 8.95. The van der Waals surface area contributed by atoms with Gasteiger partial charge in [-0.2, -0.15) is 0 Å². The first kappa shape index (κ1) is 19.3. The summed E-state index contributed by atoms with van der Waals surface area (Å²) < 4.78 is 5.41. The second-order valence-electron chi connectivity index (χ2n) is 6.60. The Morgan fingerprint density at radius 2 is 2.00 bits per heavy atom. The molecule has 0 saturated carbocycles. The van der Waals surface area contributed by atoms with Crippen molar-refractivity contribution in [3.05, 3.63) is 57.6 Å². The van der Waals surface area contributed by atoms with Crippen LogP contribution in [0.5, 0.6) is 5.75 Å². The molecule has 1 aliphatic heterocycles. The van der Waals surface area contributed by atoms with Crippen LogP contribution in [0.25, 0.3) is 0 Å². The average Bonchev–Trinajstić information content (AvgIpc) is 2.68. The van der Waals surface area contributed by atoms with Crippen molar-refractivity contribution in [1.29, 1.82) is 0 Å². The molecule has 0 spiro atoms. The molecule has 8 heteroatoms. The molecule has 2 aromatic carbocycles. The van der Waals surface area contributed by atoms with E-state index in [1.54, 1.807) is 36.1 Å². The van der Waals surface area contributed by atoms with E-state index in [0.717, 1.165) is 12.8 Å². The summed E-state index contributed by atoms with van der Waals surface area (Å²) in [5, 5.41) is 13.8. The van der Waals surface area contributed by atoms with Crippen LogP contribution in [0, 0.1) is 17.0 Å². The first-order chi connectivity index (χ1) is 13.4. The number of carbonyl (C=O) groups is 2. The largest absolute Gasteiger partial charge is 0.494 e. The van der Waals surface area contributed by atoms with Crippen LogP contribution in [0.4, 0.5) is 17.1 Å². The number of piperidine rings is 1. The van der Waals surface area contributed by atoms with Crippen molar-refractivity contribution in [3.8, 4) is 5.75 Å². The van der Waals surface area contributed by atoms with E-state index in [-0.39, 0.29) is 17.2 Å². The molecule has 0 atom stereocenters. The molecule has 0 aliphatic carbocycles. The fourth-order valence-electron chi connectivity index (χ4n) is 3.19. The number of aryl methyl sites for hydroxylation is 1. The third-order valence-electron chi connectivity index (χ3n) is 4.72. The number of carbonyl (C=O) groups excluding carboxylic acids is 2. The molecule has 1 heterocycles. The summed E-state index contributed by atoms with van der Waals surface area (Å²) in [7, 11) is 1.50. The summed E-state index contributed by atoms with van der Waals surface area (Å²) in [5.74, 6) is 0.0585. The Kier molecular flexibility index (Phi) is 5.58. The average molecular weight is 383 g/mol. The molecular formula is C20H21N3O5. The molecule has 0 unspecified atom stereocenters. The van der Waals surface area contributed by atoms with Gasteiger partial charge in [0.05, 0.1) is 17.7 Å². The molecule has 1 aliphatic rings. The number of hydrogen-bond donors (Lipinski definition) is 1. The van der Waals surface area contributed by atoms with E-state index in [4.69, 9.17) is 4.74 Å². The normalized spacial score (nSPS) is 13.9. The summed E-state index contributed by atoms with van der Waals surface area (Å²) in [5.41, 5.74) is 1.70. The van der Waals surface area contributed by atoms with Gasteiger partial charge in [-0.15, -0.1) is 0 Å². The van der Waals surface area contributed by atoms with Gasteiger partial charge in [0.25, 0.3) is 11.6 Å². The van der Waals surface area contributed by atoms with Crippen LogP contribution in [-0.2, 0) is 4.79 Å². The molecule has 28 heavy (non-hydrogen) atoms. The van der Waals surface area contributed by atoms with E-state index in [1.165, 1.54) is 19.2 Å². The van der Waals surface area contributed by atoms with Crippen molar-refractivity contribution in [3.63, 3.8) is 0 Å². The minimum absolute atomic E-state index is 0.0494. The SMILES string of the molecule is COc1cc(NC(=O)c2ccc(C)c([N+](=O)[O-])c2)ccc1N1CCCCC1=O. The quantitative estimate of drug-likeness (QED) is 0.627. The Bertz CT molecular complexity index is 941. The van der Waals surface area contributed by atoms with Crippen molar-refractivity contribution in [2.24, 2.45) is 0 Å². The summed E-state index contributed by atoms with van der Waals surface area (Å²) >= 11 is 0. The highest BCUT2D eigenvalue weighted by molar-refractivity contribution is 6.05. The second kappa shape index (κ2) is 8.08. The maximum absolute atomic E-state index is 12.5. The molecule has 2 aromatic rings. The molecule has 0 aromatic heterocycles. The molecule has 1 N–H and O–H groups in total. The van der Waals surface area contributed by atoms with Gasteiger partial charge in [-0.05, 0) is 38.0 Å². The molecular weight excluding hydrogens is 362 g/mol. The van der Waals surface area contributed by atoms with Gasteiger partial charge in [0, 0.05) is 41.9 Å². The van der Waals surface area contributed by atoms with Gasteiger partial charge in [-0.1, -0.05) is 6.07 Å². The fraction of sp³-hybridized carbons (Fsp3) is 0.300. The highest BCUT2D eigenvalue weighted by Gasteiger charge is 2.23. The van der Waals surface area contributed by atoms with Gasteiger partial charge in [0.15, 0.2) is 0 Å². The van der Waals surface area contributed by atoms with Gasteiger partial charge in [0.1, 0.15) is 5.75 Å². The lowest BCUT2D eigenvalue weighted by Crippen LogP contribution is -2.35. The minimum Gasteiger partial charge on any atom is -0.494 e. The Balaban J connectivity index is 1.83. The van der Waals surface area contributed by atoms with Crippen molar-refractivity contribution >= 4 is 28.9 Å². The second-order valence-corrected chi connectivity index (χ2v) is 6.60. The number of amides is 2. The van der Waals surface area contributed by atoms with E-state index in [1.807, 2.05) is 0 Å². The van der Waals surface area contributed by atoms with E-state index in [0.29, 0.717) is 35.7 Å². The van der Waals surface area contributed by atoms with Crippen LogP contribution in [0.1, 0.15) is 35.2 Å². The zero-order chi connectivity index (χ0) is 20.3. The third-order valence-corrected chi connectivity index (χ3v) is 4.72. The van der Waals surface area contributed by atoms with Crippen LogP contribution in [-0.4, -0.2) is 30.4 Å². The number of nitro groups is 1. The Hall–Kier alpha value is -3.42. The molecule has 3 rings (SSSR count). The van der Waals surface area contributed by atoms with Crippen molar-refractivity contribution in [1.82, 2.24) is 0 Å². The molecule has 0 radical (unpaired) electrons. The molecule has 1 fully saturated rings. The summed E-state index contributed by atoms with van der Waals surface area (Å²) in [6, 6.07) is 9.38. The smallest absolute Gasteiger partial charge is 0.273 e. The third kappa shape index (κ3) is 3.95. The lowest BCUT2D eigenvalue weighted by molar-refractivity contribution is -0.385. The van der Waals surface area contributed by atoms with E-state index in [2.05, 4.69) is 5.32 Å². The molecule has 146 valence electrons. The van der Waals surface area contributed by atoms with Crippen molar-refractivity contribution in [2.45, 2.75) is 26.2 Å². The first-order valence-electron chi connectivity index (χ1n) is 8.95. The van der Waals surface area contributed by atoms with Gasteiger partial charge in [-0.3, -0.25) is 19.7 Å². The number of ether oxygens (including phenoxy) is 1.